The summed E-state index contributed by atoms with van der Waals surface area (Å²) in [5.41, 5.74) is 3.84. The molecule has 2 aromatic rings. The molecule has 0 bridgehead atoms. The molecule has 2 atom stereocenters. The molecule has 5 nitrogen and oxygen atoms in total. The van der Waals surface area contributed by atoms with E-state index in [9.17, 15) is 4.79 Å². The SMILES string of the molecule is Cc1ccc(-n2ncc(C(=O)NC3CCNCC3C)c2C(C)C)cc1.Cl. The van der Waals surface area contributed by atoms with Crippen molar-refractivity contribution in [3.8, 4) is 5.69 Å². The van der Waals surface area contributed by atoms with Crippen LogP contribution in [0.15, 0.2) is 30.5 Å². The van der Waals surface area contributed by atoms with E-state index in [1.165, 1.54) is 5.56 Å². The third-order valence-corrected chi connectivity index (χ3v) is 4.98. The van der Waals surface area contributed by atoms with Crippen LogP contribution >= 0.6 is 12.4 Å². The lowest BCUT2D eigenvalue weighted by molar-refractivity contribution is 0.0913. The van der Waals surface area contributed by atoms with Gasteiger partial charge in [0.05, 0.1) is 23.1 Å². The Morgan fingerprint density at radius 3 is 2.62 bits per heavy atom. The molecule has 1 aromatic carbocycles. The van der Waals surface area contributed by atoms with Crippen LogP contribution in [0.5, 0.6) is 0 Å². The second kappa shape index (κ2) is 8.69. The number of hydrogen-bond acceptors (Lipinski definition) is 3. The zero-order valence-electron chi connectivity index (χ0n) is 16.0. The maximum Gasteiger partial charge on any atom is 0.255 e. The molecule has 142 valence electrons. The summed E-state index contributed by atoms with van der Waals surface area (Å²) < 4.78 is 1.89. The minimum absolute atomic E-state index is 0. The molecule has 2 N–H and O–H groups in total. The highest BCUT2D eigenvalue weighted by atomic mass is 35.5. The zero-order chi connectivity index (χ0) is 18.0. The molecule has 0 radical (unpaired) electrons. The fraction of sp³-hybridized carbons (Fsp3) is 0.500. The van der Waals surface area contributed by atoms with E-state index in [1.807, 2.05) is 16.8 Å². The Balaban J connectivity index is 0.00000243. The number of aryl methyl sites for hydroxylation is 1. The van der Waals surface area contributed by atoms with Gasteiger partial charge in [-0.2, -0.15) is 5.10 Å². The number of rotatable bonds is 4. The number of halogens is 1. The molecule has 0 aliphatic carbocycles. The summed E-state index contributed by atoms with van der Waals surface area (Å²) in [5.74, 6) is 0.628. The van der Waals surface area contributed by atoms with Crippen LogP contribution in [-0.4, -0.2) is 34.8 Å². The van der Waals surface area contributed by atoms with Gasteiger partial charge in [0.1, 0.15) is 0 Å². The average Bonchev–Trinajstić information content (AvgIpc) is 3.03. The number of amides is 1. The summed E-state index contributed by atoms with van der Waals surface area (Å²) in [6.45, 7) is 10.3. The largest absolute Gasteiger partial charge is 0.349 e. The van der Waals surface area contributed by atoms with Gasteiger partial charge in [-0.3, -0.25) is 4.79 Å². The van der Waals surface area contributed by atoms with Gasteiger partial charge in [-0.1, -0.05) is 38.5 Å². The highest BCUT2D eigenvalue weighted by molar-refractivity contribution is 5.95. The van der Waals surface area contributed by atoms with E-state index in [2.05, 4.69) is 55.6 Å². The molecule has 1 saturated heterocycles. The molecule has 1 aliphatic heterocycles. The molecular formula is C20H29ClN4O. The molecule has 3 rings (SSSR count). The van der Waals surface area contributed by atoms with Gasteiger partial charge in [0.15, 0.2) is 0 Å². The van der Waals surface area contributed by atoms with Crippen LogP contribution in [0.3, 0.4) is 0 Å². The topological polar surface area (TPSA) is 59.0 Å². The van der Waals surface area contributed by atoms with E-state index in [1.54, 1.807) is 6.20 Å². The monoisotopic (exact) mass is 376 g/mol. The van der Waals surface area contributed by atoms with Gasteiger partial charge in [-0.05, 0) is 50.4 Å². The summed E-state index contributed by atoms with van der Waals surface area (Å²) in [5, 5.41) is 11.1. The van der Waals surface area contributed by atoms with Gasteiger partial charge in [0, 0.05) is 6.04 Å². The van der Waals surface area contributed by atoms with Gasteiger partial charge in [0.2, 0.25) is 0 Å². The van der Waals surface area contributed by atoms with Crippen molar-refractivity contribution >= 4 is 18.3 Å². The normalized spacial score (nSPS) is 19.9. The van der Waals surface area contributed by atoms with Crippen LogP contribution in [0.25, 0.3) is 5.69 Å². The summed E-state index contributed by atoms with van der Waals surface area (Å²) >= 11 is 0. The second-order valence-corrected chi connectivity index (χ2v) is 7.40. The Kier molecular flexibility index (Phi) is 6.84. The molecule has 26 heavy (non-hydrogen) atoms. The number of hydrogen-bond donors (Lipinski definition) is 2. The summed E-state index contributed by atoms with van der Waals surface area (Å²) in [7, 11) is 0. The number of carbonyl (C=O) groups is 1. The minimum Gasteiger partial charge on any atom is -0.349 e. The molecule has 2 unspecified atom stereocenters. The van der Waals surface area contributed by atoms with Crippen molar-refractivity contribution in [3.05, 3.63) is 47.3 Å². The van der Waals surface area contributed by atoms with Crippen LogP contribution in [0.1, 0.15) is 54.7 Å². The Hall–Kier alpha value is -1.85. The number of piperidine rings is 1. The predicted octanol–water partition coefficient (Wildman–Crippen LogP) is 3.45. The Morgan fingerprint density at radius 1 is 1.31 bits per heavy atom. The van der Waals surface area contributed by atoms with Crippen molar-refractivity contribution in [1.82, 2.24) is 20.4 Å². The molecule has 1 aliphatic rings. The van der Waals surface area contributed by atoms with Crippen LogP contribution in [0.2, 0.25) is 0 Å². The Bertz CT molecular complexity index is 739. The lowest BCUT2D eigenvalue weighted by atomic mass is 9.94. The van der Waals surface area contributed by atoms with Crippen molar-refractivity contribution < 1.29 is 4.79 Å². The third-order valence-electron chi connectivity index (χ3n) is 4.98. The molecule has 1 fully saturated rings. The van der Waals surface area contributed by atoms with Crippen LogP contribution in [-0.2, 0) is 0 Å². The first-order chi connectivity index (χ1) is 12.0. The zero-order valence-corrected chi connectivity index (χ0v) is 16.8. The first kappa shape index (κ1) is 20.5. The standard InChI is InChI=1S/C20H28N4O.ClH/c1-13(2)19-17(20(25)23-18-9-10-21-11-15(18)4)12-22-24(19)16-7-5-14(3)6-8-16;/h5-8,12-13,15,18,21H,9-11H2,1-4H3,(H,23,25);1H. The molecule has 0 spiro atoms. The number of benzene rings is 1. The summed E-state index contributed by atoms with van der Waals surface area (Å²) in [6.07, 6.45) is 2.67. The molecule has 2 heterocycles. The molecule has 1 aromatic heterocycles. The highest BCUT2D eigenvalue weighted by Gasteiger charge is 2.26. The maximum atomic E-state index is 12.9. The van der Waals surface area contributed by atoms with E-state index >= 15 is 0 Å². The van der Waals surface area contributed by atoms with Gasteiger partial charge in [0.25, 0.3) is 5.91 Å². The van der Waals surface area contributed by atoms with Crippen molar-refractivity contribution in [2.24, 2.45) is 5.92 Å². The van der Waals surface area contributed by atoms with E-state index in [4.69, 9.17) is 0 Å². The summed E-state index contributed by atoms with van der Waals surface area (Å²) in [6, 6.07) is 8.45. The minimum atomic E-state index is -0.0131. The van der Waals surface area contributed by atoms with Crippen LogP contribution in [0.4, 0.5) is 0 Å². The first-order valence-electron chi connectivity index (χ1n) is 9.14. The van der Waals surface area contributed by atoms with Crippen molar-refractivity contribution in [2.75, 3.05) is 13.1 Å². The van der Waals surface area contributed by atoms with Gasteiger partial charge >= 0.3 is 0 Å². The molecular weight excluding hydrogens is 348 g/mol. The van der Waals surface area contributed by atoms with Gasteiger partial charge in [-0.25, -0.2) is 4.68 Å². The smallest absolute Gasteiger partial charge is 0.255 e. The van der Waals surface area contributed by atoms with Gasteiger partial charge < -0.3 is 10.6 Å². The first-order valence-corrected chi connectivity index (χ1v) is 9.14. The lowest BCUT2D eigenvalue weighted by Gasteiger charge is -2.30. The molecule has 1 amide bonds. The molecule has 6 heteroatoms. The van der Waals surface area contributed by atoms with E-state index in [0.29, 0.717) is 11.5 Å². The average molecular weight is 377 g/mol. The fourth-order valence-electron chi connectivity index (χ4n) is 3.45. The number of aromatic nitrogens is 2. The van der Waals surface area contributed by atoms with E-state index in [0.717, 1.165) is 30.9 Å². The van der Waals surface area contributed by atoms with E-state index in [-0.39, 0.29) is 30.3 Å². The highest BCUT2D eigenvalue weighted by Crippen LogP contribution is 2.24. The number of nitrogens with zero attached hydrogens (tertiary/aromatic N) is 2. The predicted molar refractivity (Wildman–Crippen MR) is 108 cm³/mol. The second-order valence-electron chi connectivity index (χ2n) is 7.40. The van der Waals surface area contributed by atoms with Crippen LogP contribution in [0, 0.1) is 12.8 Å². The summed E-state index contributed by atoms with van der Waals surface area (Å²) in [4.78, 5) is 12.9. The molecule has 0 saturated carbocycles. The maximum absolute atomic E-state index is 12.9. The Labute approximate surface area is 162 Å². The number of carbonyl (C=O) groups excluding carboxylic acids is 1. The Morgan fingerprint density at radius 2 is 2.00 bits per heavy atom. The quantitative estimate of drug-likeness (QED) is 0.859. The van der Waals surface area contributed by atoms with E-state index < -0.39 is 0 Å². The fourth-order valence-corrected chi connectivity index (χ4v) is 3.45. The lowest BCUT2D eigenvalue weighted by Crippen LogP contribution is -2.48. The number of nitrogens with one attached hydrogen (secondary N) is 2. The van der Waals surface area contributed by atoms with Crippen molar-refractivity contribution in [1.29, 1.82) is 0 Å². The third kappa shape index (κ3) is 4.27. The van der Waals surface area contributed by atoms with Gasteiger partial charge in [-0.15, -0.1) is 12.4 Å². The van der Waals surface area contributed by atoms with Crippen molar-refractivity contribution in [2.45, 2.75) is 46.1 Å². The van der Waals surface area contributed by atoms with Crippen molar-refractivity contribution in [3.63, 3.8) is 0 Å². The van der Waals surface area contributed by atoms with Crippen LogP contribution < -0.4 is 10.6 Å².